The monoisotopic (exact) mass is 368 g/mol. The van der Waals surface area contributed by atoms with E-state index in [1.807, 2.05) is 18.2 Å². The van der Waals surface area contributed by atoms with E-state index >= 15 is 0 Å². The van der Waals surface area contributed by atoms with Crippen LogP contribution in [0.5, 0.6) is 0 Å². The van der Waals surface area contributed by atoms with Crippen molar-refractivity contribution in [2.75, 3.05) is 0 Å². The third-order valence-electron chi connectivity index (χ3n) is 3.25. The van der Waals surface area contributed by atoms with Crippen molar-refractivity contribution in [3.05, 3.63) is 69.3 Å². The maximum Gasteiger partial charge on any atom is 0.127 e. The summed E-state index contributed by atoms with van der Waals surface area (Å²) >= 11 is 11.6. The number of rotatable bonds is 2. The molecule has 0 nitrogen and oxygen atoms in total. The van der Waals surface area contributed by atoms with Gasteiger partial charge in [-0.2, -0.15) is 0 Å². The van der Waals surface area contributed by atoms with Gasteiger partial charge in [0.2, 0.25) is 0 Å². The van der Waals surface area contributed by atoms with Crippen LogP contribution in [-0.2, 0) is 0 Å². The molecule has 3 aromatic rings. The third kappa shape index (κ3) is 2.50. The summed E-state index contributed by atoms with van der Waals surface area (Å²) in [6, 6.07) is 13.6. The molecule has 2 aromatic carbocycles. The van der Waals surface area contributed by atoms with Gasteiger partial charge >= 0.3 is 0 Å². The van der Waals surface area contributed by atoms with Crippen LogP contribution in [0, 0.1) is 12.7 Å². The maximum atomic E-state index is 13.5. The molecule has 0 aliphatic carbocycles. The van der Waals surface area contributed by atoms with E-state index in [-0.39, 0.29) is 10.6 Å². The van der Waals surface area contributed by atoms with E-state index < -0.39 is 0 Å². The van der Waals surface area contributed by atoms with Gasteiger partial charge in [-0.05, 0) is 41.6 Å². The number of alkyl halides is 1. The second-order valence-electron chi connectivity index (χ2n) is 4.67. The Morgan fingerprint density at radius 3 is 2.70 bits per heavy atom. The topological polar surface area (TPSA) is 0 Å². The quantitative estimate of drug-likeness (QED) is 0.453. The lowest BCUT2D eigenvalue weighted by Crippen LogP contribution is -1.94. The first-order valence-electron chi connectivity index (χ1n) is 6.14. The standard InChI is InChI=1S/C16H11BrClFS/c1-9-6-11(12(18)8-13(9)19)16(17)15-7-10-4-2-3-5-14(10)20-15/h2-8,16H,1H3. The third-order valence-corrected chi connectivity index (χ3v) is 6.04. The Hall–Kier alpha value is -0.900. The van der Waals surface area contributed by atoms with E-state index in [1.165, 1.54) is 21.0 Å². The molecule has 0 amide bonds. The van der Waals surface area contributed by atoms with E-state index in [2.05, 4.69) is 34.1 Å². The highest BCUT2D eigenvalue weighted by Gasteiger charge is 2.18. The maximum absolute atomic E-state index is 13.5. The van der Waals surface area contributed by atoms with Crippen LogP contribution >= 0.6 is 38.9 Å². The van der Waals surface area contributed by atoms with Gasteiger partial charge in [-0.15, -0.1) is 11.3 Å². The number of hydrogen-bond donors (Lipinski definition) is 0. The van der Waals surface area contributed by atoms with Crippen LogP contribution in [0.3, 0.4) is 0 Å². The van der Waals surface area contributed by atoms with Crippen molar-refractivity contribution in [1.82, 2.24) is 0 Å². The molecule has 0 aliphatic rings. The highest BCUT2D eigenvalue weighted by atomic mass is 79.9. The van der Waals surface area contributed by atoms with Crippen LogP contribution < -0.4 is 0 Å². The smallest absolute Gasteiger partial charge is 0.127 e. The minimum atomic E-state index is -0.269. The molecule has 0 saturated heterocycles. The number of hydrogen-bond acceptors (Lipinski definition) is 1. The second kappa shape index (κ2) is 5.47. The fraction of sp³-hybridized carbons (Fsp3) is 0.125. The van der Waals surface area contributed by atoms with E-state index in [1.54, 1.807) is 18.3 Å². The van der Waals surface area contributed by atoms with Crippen molar-refractivity contribution in [2.24, 2.45) is 0 Å². The minimum absolute atomic E-state index is 0.0216. The van der Waals surface area contributed by atoms with Gasteiger partial charge in [-0.1, -0.05) is 51.8 Å². The van der Waals surface area contributed by atoms with Crippen LogP contribution in [0.4, 0.5) is 4.39 Å². The lowest BCUT2D eigenvalue weighted by Gasteiger charge is -2.11. The highest BCUT2D eigenvalue weighted by Crippen LogP contribution is 2.41. The average molecular weight is 370 g/mol. The molecule has 0 aliphatic heterocycles. The molecule has 0 N–H and O–H groups in total. The molecule has 0 saturated carbocycles. The lowest BCUT2D eigenvalue weighted by atomic mass is 10.1. The van der Waals surface area contributed by atoms with Crippen molar-refractivity contribution in [1.29, 1.82) is 0 Å². The molecule has 0 bridgehead atoms. The van der Waals surface area contributed by atoms with Crippen LogP contribution in [0.25, 0.3) is 10.1 Å². The number of halogens is 3. The first-order chi connectivity index (χ1) is 9.56. The molecule has 1 heterocycles. The van der Waals surface area contributed by atoms with Crippen molar-refractivity contribution < 1.29 is 4.39 Å². The van der Waals surface area contributed by atoms with Crippen LogP contribution in [0.2, 0.25) is 5.02 Å². The molecule has 1 aromatic heterocycles. The normalized spacial score (nSPS) is 12.8. The van der Waals surface area contributed by atoms with Gasteiger partial charge < -0.3 is 0 Å². The van der Waals surface area contributed by atoms with Crippen molar-refractivity contribution in [3.63, 3.8) is 0 Å². The van der Waals surface area contributed by atoms with Crippen molar-refractivity contribution in [3.8, 4) is 0 Å². The molecule has 0 fully saturated rings. The zero-order valence-electron chi connectivity index (χ0n) is 10.7. The van der Waals surface area contributed by atoms with Gasteiger partial charge in [0.15, 0.2) is 0 Å². The van der Waals surface area contributed by atoms with Gasteiger partial charge in [-0.25, -0.2) is 4.39 Å². The predicted octanol–water partition coefficient (Wildman–Crippen LogP) is 6.49. The first kappa shape index (κ1) is 14.1. The summed E-state index contributed by atoms with van der Waals surface area (Å²) in [5, 5.41) is 1.67. The van der Waals surface area contributed by atoms with Crippen molar-refractivity contribution in [2.45, 2.75) is 11.8 Å². The minimum Gasteiger partial charge on any atom is -0.207 e. The Bertz CT molecular complexity index is 748. The Balaban J connectivity index is 2.07. The Kier molecular flexibility index (Phi) is 3.85. The number of aryl methyl sites for hydroxylation is 1. The van der Waals surface area contributed by atoms with Gasteiger partial charge in [-0.3, -0.25) is 0 Å². The van der Waals surface area contributed by atoms with E-state index in [9.17, 15) is 4.39 Å². The summed E-state index contributed by atoms with van der Waals surface area (Å²) in [5.41, 5.74) is 1.51. The molecular weight excluding hydrogens is 359 g/mol. The van der Waals surface area contributed by atoms with Gasteiger partial charge in [0.1, 0.15) is 5.82 Å². The summed E-state index contributed by atoms with van der Waals surface area (Å²) in [6.45, 7) is 1.75. The van der Waals surface area contributed by atoms with Crippen molar-refractivity contribution >= 4 is 49.0 Å². The van der Waals surface area contributed by atoms with E-state index in [0.29, 0.717) is 10.6 Å². The molecule has 20 heavy (non-hydrogen) atoms. The molecule has 0 radical (unpaired) electrons. The molecule has 3 rings (SSSR count). The Morgan fingerprint density at radius 1 is 1.20 bits per heavy atom. The van der Waals surface area contributed by atoms with Crippen LogP contribution in [-0.4, -0.2) is 0 Å². The molecule has 1 atom stereocenters. The average Bonchev–Trinajstić information content (AvgIpc) is 2.86. The predicted molar refractivity (Wildman–Crippen MR) is 88.7 cm³/mol. The summed E-state index contributed by atoms with van der Waals surface area (Å²) in [6.07, 6.45) is 0. The zero-order valence-corrected chi connectivity index (χ0v) is 13.8. The summed E-state index contributed by atoms with van der Waals surface area (Å²) in [7, 11) is 0. The summed E-state index contributed by atoms with van der Waals surface area (Å²) < 4.78 is 14.7. The molecule has 0 spiro atoms. The van der Waals surface area contributed by atoms with Gasteiger partial charge in [0.05, 0.1) is 4.83 Å². The molecule has 102 valence electrons. The summed E-state index contributed by atoms with van der Waals surface area (Å²) in [4.78, 5) is 1.14. The SMILES string of the molecule is Cc1cc(C(Br)c2cc3ccccc3s2)c(Cl)cc1F. The number of benzene rings is 2. The fourth-order valence-electron chi connectivity index (χ4n) is 2.15. The first-order valence-corrected chi connectivity index (χ1v) is 8.25. The summed E-state index contributed by atoms with van der Waals surface area (Å²) in [5.74, 6) is -0.269. The van der Waals surface area contributed by atoms with E-state index in [0.717, 1.165) is 5.56 Å². The largest absolute Gasteiger partial charge is 0.207 e. The molecular formula is C16H11BrClFS. The molecule has 4 heteroatoms. The lowest BCUT2D eigenvalue weighted by molar-refractivity contribution is 0.618. The Morgan fingerprint density at radius 2 is 1.95 bits per heavy atom. The van der Waals surface area contributed by atoms with Crippen LogP contribution in [0.1, 0.15) is 20.8 Å². The second-order valence-corrected chi connectivity index (χ2v) is 7.11. The number of fused-ring (bicyclic) bond motifs is 1. The highest BCUT2D eigenvalue weighted by molar-refractivity contribution is 9.09. The van der Waals surface area contributed by atoms with E-state index in [4.69, 9.17) is 11.6 Å². The van der Waals surface area contributed by atoms with Gasteiger partial charge in [0.25, 0.3) is 0 Å². The Labute approximate surface area is 134 Å². The van der Waals surface area contributed by atoms with Gasteiger partial charge in [0, 0.05) is 14.6 Å². The molecule has 1 unspecified atom stereocenters. The zero-order chi connectivity index (χ0) is 14.3. The number of thiophene rings is 1. The fourth-order valence-corrected chi connectivity index (χ4v) is 4.40. The van der Waals surface area contributed by atoms with Crippen LogP contribution in [0.15, 0.2) is 42.5 Å².